The molecular formula is C17H15ClF5N3O. The van der Waals surface area contributed by atoms with Gasteiger partial charge in [-0.3, -0.25) is 4.79 Å². The monoisotopic (exact) mass is 407 g/mol. The summed E-state index contributed by atoms with van der Waals surface area (Å²) in [7, 11) is 0. The number of likely N-dealkylation sites (tertiary alicyclic amines) is 1. The predicted octanol–water partition coefficient (Wildman–Crippen LogP) is 4.58. The molecule has 1 amide bonds. The Kier molecular flexibility index (Phi) is 5.41. The smallest absolute Gasteiger partial charge is 0.380 e. The second-order valence-corrected chi connectivity index (χ2v) is 6.72. The molecule has 1 aromatic heterocycles. The van der Waals surface area contributed by atoms with E-state index < -0.39 is 30.2 Å². The van der Waals surface area contributed by atoms with E-state index in [1.54, 1.807) is 0 Å². The van der Waals surface area contributed by atoms with Crippen molar-refractivity contribution < 1.29 is 26.7 Å². The molecule has 146 valence electrons. The maximum atomic E-state index is 13.2. The van der Waals surface area contributed by atoms with E-state index in [1.807, 2.05) is 0 Å². The van der Waals surface area contributed by atoms with E-state index in [-0.39, 0.29) is 24.3 Å². The van der Waals surface area contributed by atoms with E-state index in [0.29, 0.717) is 23.3 Å². The van der Waals surface area contributed by atoms with Gasteiger partial charge in [0.05, 0.1) is 5.52 Å². The summed E-state index contributed by atoms with van der Waals surface area (Å²) in [4.78, 5) is 16.2. The third kappa shape index (κ3) is 4.40. The summed E-state index contributed by atoms with van der Waals surface area (Å²) in [5.74, 6) is -1.28. The number of nitrogens with one attached hydrogen (secondary N) is 1. The average molecular weight is 408 g/mol. The number of halogens is 6. The predicted molar refractivity (Wildman–Crippen MR) is 91.0 cm³/mol. The van der Waals surface area contributed by atoms with Gasteiger partial charge in [0, 0.05) is 35.2 Å². The van der Waals surface area contributed by atoms with Crippen LogP contribution in [0, 0.1) is 0 Å². The van der Waals surface area contributed by atoms with Gasteiger partial charge in [0.15, 0.2) is 0 Å². The number of anilines is 1. The van der Waals surface area contributed by atoms with Crippen molar-refractivity contribution >= 4 is 34.1 Å². The fraction of sp³-hybridized carbons (Fsp3) is 0.412. The quantitative estimate of drug-likeness (QED) is 0.758. The van der Waals surface area contributed by atoms with Crippen LogP contribution in [0.3, 0.4) is 0 Å². The number of rotatable bonds is 3. The number of aromatic nitrogens is 1. The minimum atomic E-state index is -4.64. The molecule has 1 fully saturated rings. The number of amides is 1. The van der Waals surface area contributed by atoms with E-state index in [0.717, 1.165) is 11.0 Å². The number of hydrogen-bond acceptors (Lipinski definition) is 3. The molecule has 1 aromatic carbocycles. The molecule has 2 heterocycles. The molecule has 4 nitrogen and oxygen atoms in total. The van der Waals surface area contributed by atoms with Crippen LogP contribution in [0.5, 0.6) is 0 Å². The number of piperidine rings is 1. The second kappa shape index (κ2) is 7.46. The third-order valence-corrected chi connectivity index (χ3v) is 4.58. The first-order valence-corrected chi connectivity index (χ1v) is 8.54. The first kappa shape index (κ1) is 19.6. The lowest BCUT2D eigenvalue weighted by atomic mass is 10.0. The summed E-state index contributed by atoms with van der Waals surface area (Å²) >= 11 is 5.95. The first-order valence-electron chi connectivity index (χ1n) is 8.16. The zero-order valence-corrected chi connectivity index (χ0v) is 14.6. The minimum absolute atomic E-state index is 0.0189. The van der Waals surface area contributed by atoms with E-state index in [2.05, 4.69) is 10.3 Å². The van der Waals surface area contributed by atoms with Crippen LogP contribution < -0.4 is 5.32 Å². The van der Waals surface area contributed by atoms with Crippen molar-refractivity contribution in [2.24, 2.45) is 0 Å². The molecule has 10 heteroatoms. The molecule has 1 N–H and O–H groups in total. The lowest BCUT2D eigenvalue weighted by molar-refractivity contribution is -0.144. The van der Waals surface area contributed by atoms with Crippen LogP contribution >= 0.6 is 11.6 Å². The van der Waals surface area contributed by atoms with Crippen LogP contribution in [-0.2, 0) is 11.0 Å². The Morgan fingerprint density at radius 1 is 1.30 bits per heavy atom. The van der Waals surface area contributed by atoms with Crippen LogP contribution in [0.4, 0.5) is 27.6 Å². The van der Waals surface area contributed by atoms with Gasteiger partial charge in [-0.15, -0.1) is 0 Å². The van der Waals surface area contributed by atoms with Gasteiger partial charge in [-0.25, -0.2) is 4.98 Å². The molecule has 0 bridgehead atoms. The highest BCUT2D eigenvalue weighted by Gasteiger charge is 2.34. The molecule has 1 saturated heterocycles. The topological polar surface area (TPSA) is 45.2 Å². The van der Waals surface area contributed by atoms with Crippen LogP contribution in [0.15, 0.2) is 24.3 Å². The van der Waals surface area contributed by atoms with Crippen molar-refractivity contribution in [1.29, 1.82) is 0 Å². The fourth-order valence-electron chi connectivity index (χ4n) is 3.12. The largest absolute Gasteiger partial charge is 0.433 e. The molecule has 27 heavy (non-hydrogen) atoms. The molecule has 1 aliphatic rings. The van der Waals surface area contributed by atoms with Gasteiger partial charge in [0.1, 0.15) is 5.69 Å². The van der Waals surface area contributed by atoms with Crippen LogP contribution in [0.2, 0.25) is 5.02 Å². The number of alkyl halides is 5. The lowest BCUT2D eigenvalue weighted by Crippen LogP contribution is -2.47. The Balaban J connectivity index is 1.93. The molecular weight excluding hydrogens is 393 g/mol. The molecule has 1 atom stereocenters. The van der Waals surface area contributed by atoms with Gasteiger partial charge >= 0.3 is 12.6 Å². The molecule has 3 rings (SSSR count). The Morgan fingerprint density at radius 3 is 2.70 bits per heavy atom. The summed E-state index contributed by atoms with van der Waals surface area (Å²) < 4.78 is 64.8. The van der Waals surface area contributed by atoms with Crippen molar-refractivity contribution in [2.75, 3.05) is 18.4 Å². The number of nitrogens with zero attached hydrogens (tertiary/aromatic N) is 2. The molecule has 0 spiro atoms. The molecule has 0 saturated carbocycles. The van der Waals surface area contributed by atoms with E-state index in [9.17, 15) is 26.7 Å². The van der Waals surface area contributed by atoms with Gasteiger partial charge in [-0.1, -0.05) is 11.6 Å². The highest BCUT2D eigenvalue weighted by atomic mass is 35.5. The van der Waals surface area contributed by atoms with Crippen molar-refractivity contribution in [2.45, 2.75) is 31.5 Å². The average Bonchev–Trinajstić information content (AvgIpc) is 2.60. The minimum Gasteiger partial charge on any atom is -0.380 e. The van der Waals surface area contributed by atoms with Gasteiger partial charge in [0.2, 0.25) is 0 Å². The first-order chi connectivity index (χ1) is 12.6. The van der Waals surface area contributed by atoms with Gasteiger partial charge in [0.25, 0.3) is 5.91 Å². The molecule has 1 aliphatic heterocycles. The molecule has 0 radical (unpaired) electrons. The number of hydrogen-bond donors (Lipinski definition) is 1. The van der Waals surface area contributed by atoms with Crippen molar-refractivity contribution in [3.05, 3.63) is 35.0 Å². The maximum Gasteiger partial charge on any atom is 0.433 e. The Hall–Kier alpha value is -2.16. The number of pyridine rings is 1. The number of carbonyl (C=O) groups is 1. The second-order valence-electron chi connectivity index (χ2n) is 6.28. The summed E-state index contributed by atoms with van der Waals surface area (Å²) in [6.07, 6.45) is -6.76. The number of benzene rings is 1. The van der Waals surface area contributed by atoms with Crippen molar-refractivity contribution in [3.8, 4) is 0 Å². The number of fused-ring (bicyclic) bond motifs is 1. The van der Waals surface area contributed by atoms with E-state index in [4.69, 9.17) is 11.6 Å². The SMILES string of the molecule is O=C(C(F)F)N1CCC[C@@H](Nc2cc(C(F)(F)F)nc3ccc(Cl)cc23)C1. The highest BCUT2D eigenvalue weighted by Crippen LogP contribution is 2.34. The van der Waals surface area contributed by atoms with Crippen LogP contribution in [-0.4, -0.2) is 41.3 Å². The molecule has 0 aliphatic carbocycles. The highest BCUT2D eigenvalue weighted by molar-refractivity contribution is 6.31. The summed E-state index contributed by atoms with van der Waals surface area (Å²) in [5.41, 5.74) is -0.824. The molecule has 0 unspecified atom stereocenters. The molecule has 2 aromatic rings. The Labute approximate surface area is 156 Å². The Morgan fingerprint density at radius 2 is 2.04 bits per heavy atom. The Bertz CT molecular complexity index is 858. The normalized spacial score (nSPS) is 18.2. The van der Waals surface area contributed by atoms with E-state index in [1.165, 1.54) is 18.2 Å². The van der Waals surface area contributed by atoms with Crippen LogP contribution in [0.1, 0.15) is 18.5 Å². The maximum absolute atomic E-state index is 13.2. The van der Waals surface area contributed by atoms with Crippen molar-refractivity contribution in [3.63, 3.8) is 0 Å². The van der Waals surface area contributed by atoms with Crippen LogP contribution in [0.25, 0.3) is 10.9 Å². The zero-order valence-electron chi connectivity index (χ0n) is 13.9. The van der Waals surface area contributed by atoms with Gasteiger partial charge in [-0.05, 0) is 37.1 Å². The fourth-order valence-corrected chi connectivity index (χ4v) is 3.29. The summed E-state index contributed by atoms with van der Waals surface area (Å²) in [6.45, 7) is 0.174. The third-order valence-electron chi connectivity index (χ3n) is 4.34. The lowest BCUT2D eigenvalue weighted by Gasteiger charge is -2.33. The summed E-state index contributed by atoms with van der Waals surface area (Å²) in [6, 6.07) is 4.70. The van der Waals surface area contributed by atoms with Gasteiger partial charge < -0.3 is 10.2 Å². The standard InChI is InChI=1S/C17H15ClF5N3O/c18-9-3-4-12-11(6-9)13(7-14(25-12)17(21,22)23)24-10-2-1-5-26(8-10)16(27)15(19)20/h3-4,6-7,10,15H,1-2,5,8H2,(H,24,25)/t10-/m1/s1. The van der Waals surface area contributed by atoms with Gasteiger partial charge in [-0.2, -0.15) is 22.0 Å². The summed E-state index contributed by atoms with van der Waals surface area (Å²) in [5, 5.41) is 3.66. The zero-order chi connectivity index (χ0) is 19.8. The number of carbonyl (C=O) groups excluding carboxylic acids is 1. The van der Waals surface area contributed by atoms with Crippen molar-refractivity contribution in [1.82, 2.24) is 9.88 Å². The van der Waals surface area contributed by atoms with E-state index >= 15 is 0 Å².